The second kappa shape index (κ2) is 12.9. The lowest BCUT2D eigenvalue weighted by Crippen LogP contribution is -2.36. The summed E-state index contributed by atoms with van der Waals surface area (Å²) < 4.78 is 11.0. The van der Waals surface area contributed by atoms with Crippen molar-refractivity contribution in [3.8, 4) is 11.5 Å². The van der Waals surface area contributed by atoms with Crippen LogP contribution in [-0.2, 0) is 17.9 Å². The number of primary amides is 1. The standard InChI is InChI=1S/C21H28N4O3.HI/c1-4-27-19-10-15(2)8-9-17(19)13-25-21(23-3)24-12-16-6-5-7-18(11-16)28-14-20(22)26;/h5-11H,4,12-14H2,1-3H3,(H2,22,26)(H2,23,24,25);1H. The number of ether oxygens (including phenoxy) is 2. The topological polar surface area (TPSA) is 98.0 Å². The molecule has 0 bridgehead atoms. The summed E-state index contributed by atoms with van der Waals surface area (Å²) in [6, 6.07) is 13.6. The Balaban J connectivity index is 0.00000420. The number of carbonyl (C=O) groups excluding carboxylic acids is 1. The minimum absolute atomic E-state index is 0. The molecule has 0 saturated carbocycles. The van der Waals surface area contributed by atoms with Gasteiger partial charge in [-0.1, -0.05) is 24.3 Å². The number of halogens is 1. The summed E-state index contributed by atoms with van der Waals surface area (Å²) in [7, 11) is 1.72. The minimum Gasteiger partial charge on any atom is -0.494 e. The Bertz CT molecular complexity index is 827. The molecule has 4 N–H and O–H groups in total. The molecule has 0 saturated heterocycles. The van der Waals surface area contributed by atoms with Crippen LogP contribution in [0.1, 0.15) is 23.6 Å². The molecule has 2 aromatic rings. The minimum atomic E-state index is -0.504. The van der Waals surface area contributed by atoms with Crippen LogP contribution in [0.5, 0.6) is 11.5 Å². The van der Waals surface area contributed by atoms with Crippen molar-refractivity contribution in [3.05, 3.63) is 59.2 Å². The Labute approximate surface area is 189 Å². The number of hydrogen-bond acceptors (Lipinski definition) is 4. The molecule has 0 fully saturated rings. The predicted molar refractivity (Wildman–Crippen MR) is 126 cm³/mol. The summed E-state index contributed by atoms with van der Waals surface area (Å²) in [5.74, 6) is 1.65. The molecule has 1 amide bonds. The number of amides is 1. The Morgan fingerprint density at radius 2 is 1.86 bits per heavy atom. The number of rotatable bonds is 9. The van der Waals surface area contributed by atoms with Crippen LogP contribution in [0.2, 0.25) is 0 Å². The number of carbonyl (C=O) groups is 1. The van der Waals surface area contributed by atoms with Gasteiger partial charge >= 0.3 is 0 Å². The highest BCUT2D eigenvalue weighted by atomic mass is 127. The van der Waals surface area contributed by atoms with Crippen LogP contribution in [-0.4, -0.2) is 32.1 Å². The van der Waals surface area contributed by atoms with Crippen molar-refractivity contribution in [2.45, 2.75) is 26.9 Å². The van der Waals surface area contributed by atoms with Gasteiger partial charge in [-0.3, -0.25) is 9.79 Å². The third kappa shape index (κ3) is 8.59. The van der Waals surface area contributed by atoms with E-state index in [1.165, 1.54) is 0 Å². The third-order valence-corrected chi connectivity index (χ3v) is 3.93. The zero-order valence-corrected chi connectivity index (χ0v) is 19.4. The molecule has 0 aliphatic heterocycles. The number of aryl methyl sites for hydroxylation is 1. The van der Waals surface area contributed by atoms with Gasteiger partial charge in [0.05, 0.1) is 6.61 Å². The van der Waals surface area contributed by atoms with E-state index in [-0.39, 0.29) is 30.6 Å². The molecule has 0 aromatic heterocycles. The highest BCUT2D eigenvalue weighted by Gasteiger charge is 2.06. The van der Waals surface area contributed by atoms with Gasteiger partial charge in [0.2, 0.25) is 0 Å². The largest absolute Gasteiger partial charge is 0.494 e. The van der Waals surface area contributed by atoms with E-state index in [0.717, 1.165) is 22.4 Å². The monoisotopic (exact) mass is 512 g/mol. The molecular weight excluding hydrogens is 483 g/mol. The average Bonchev–Trinajstić information content (AvgIpc) is 2.68. The first kappa shape index (κ1) is 24.5. The molecule has 0 spiro atoms. The summed E-state index contributed by atoms with van der Waals surface area (Å²) in [4.78, 5) is 15.1. The third-order valence-electron chi connectivity index (χ3n) is 3.93. The van der Waals surface area contributed by atoms with Gasteiger partial charge in [-0.15, -0.1) is 24.0 Å². The summed E-state index contributed by atoms with van der Waals surface area (Å²) in [6.45, 7) is 5.65. The van der Waals surface area contributed by atoms with Gasteiger partial charge in [0, 0.05) is 25.7 Å². The summed E-state index contributed by atoms with van der Waals surface area (Å²) in [5, 5.41) is 6.56. The second-order valence-electron chi connectivity index (χ2n) is 6.23. The molecule has 0 aliphatic carbocycles. The average molecular weight is 512 g/mol. The Hall–Kier alpha value is -2.49. The first-order valence-electron chi connectivity index (χ1n) is 9.18. The number of guanidine groups is 1. The van der Waals surface area contributed by atoms with Crippen LogP contribution in [0, 0.1) is 6.92 Å². The quantitative estimate of drug-likeness (QED) is 0.273. The van der Waals surface area contributed by atoms with E-state index in [1.807, 2.05) is 38.1 Å². The van der Waals surface area contributed by atoms with Crippen LogP contribution in [0.15, 0.2) is 47.5 Å². The Kier molecular flexibility index (Phi) is 10.9. The molecule has 0 aliphatic rings. The number of benzene rings is 2. The first-order chi connectivity index (χ1) is 13.5. The summed E-state index contributed by atoms with van der Waals surface area (Å²) >= 11 is 0. The van der Waals surface area contributed by atoms with Crippen molar-refractivity contribution < 1.29 is 14.3 Å². The summed E-state index contributed by atoms with van der Waals surface area (Å²) in [5.41, 5.74) is 8.33. The maximum absolute atomic E-state index is 10.8. The van der Waals surface area contributed by atoms with Crippen molar-refractivity contribution in [1.82, 2.24) is 10.6 Å². The van der Waals surface area contributed by atoms with Gasteiger partial charge in [-0.25, -0.2) is 0 Å². The number of nitrogens with two attached hydrogens (primary N) is 1. The molecule has 0 atom stereocenters. The summed E-state index contributed by atoms with van der Waals surface area (Å²) in [6.07, 6.45) is 0. The van der Waals surface area contributed by atoms with Crippen LogP contribution in [0.4, 0.5) is 0 Å². The fourth-order valence-electron chi connectivity index (χ4n) is 2.58. The normalized spacial score (nSPS) is 10.7. The second-order valence-corrected chi connectivity index (χ2v) is 6.23. The van der Waals surface area contributed by atoms with Crippen LogP contribution in [0.25, 0.3) is 0 Å². The van der Waals surface area contributed by atoms with E-state index in [9.17, 15) is 4.79 Å². The smallest absolute Gasteiger partial charge is 0.255 e. The van der Waals surface area contributed by atoms with Crippen molar-refractivity contribution in [3.63, 3.8) is 0 Å². The van der Waals surface area contributed by atoms with E-state index in [4.69, 9.17) is 15.2 Å². The number of nitrogens with one attached hydrogen (secondary N) is 2. The molecule has 0 heterocycles. The molecule has 2 rings (SSSR count). The first-order valence-corrected chi connectivity index (χ1v) is 9.18. The molecule has 2 aromatic carbocycles. The molecule has 158 valence electrons. The molecule has 8 heteroatoms. The Morgan fingerprint density at radius 3 is 2.55 bits per heavy atom. The van der Waals surface area contributed by atoms with Gasteiger partial charge < -0.3 is 25.8 Å². The lowest BCUT2D eigenvalue weighted by molar-refractivity contribution is -0.119. The van der Waals surface area contributed by atoms with E-state index in [2.05, 4.69) is 27.8 Å². The van der Waals surface area contributed by atoms with E-state index < -0.39 is 5.91 Å². The number of nitrogens with zero attached hydrogens (tertiary/aromatic N) is 1. The van der Waals surface area contributed by atoms with E-state index >= 15 is 0 Å². The lowest BCUT2D eigenvalue weighted by atomic mass is 10.1. The zero-order chi connectivity index (χ0) is 20.4. The maximum Gasteiger partial charge on any atom is 0.255 e. The number of aliphatic imine (C=N–C) groups is 1. The molecule has 29 heavy (non-hydrogen) atoms. The fraction of sp³-hybridized carbons (Fsp3) is 0.333. The number of hydrogen-bond donors (Lipinski definition) is 3. The van der Waals surface area contributed by atoms with Crippen LogP contribution in [0.3, 0.4) is 0 Å². The van der Waals surface area contributed by atoms with Crippen molar-refractivity contribution in [2.75, 3.05) is 20.3 Å². The fourth-order valence-corrected chi connectivity index (χ4v) is 2.58. The SMILES string of the molecule is CCOc1cc(C)ccc1CNC(=NC)NCc1cccc(OCC(N)=O)c1.I. The molecule has 7 nitrogen and oxygen atoms in total. The van der Waals surface area contributed by atoms with Gasteiger partial charge in [-0.2, -0.15) is 0 Å². The van der Waals surface area contributed by atoms with Crippen molar-refractivity contribution >= 4 is 35.8 Å². The zero-order valence-electron chi connectivity index (χ0n) is 17.0. The predicted octanol–water partition coefficient (Wildman–Crippen LogP) is 2.74. The van der Waals surface area contributed by atoms with Crippen LogP contribution < -0.4 is 25.8 Å². The van der Waals surface area contributed by atoms with Gasteiger partial charge in [0.15, 0.2) is 12.6 Å². The van der Waals surface area contributed by atoms with Crippen LogP contribution >= 0.6 is 24.0 Å². The lowest BCUT2D eigenvalue weighted by Gasteiger charge is -2.15. The molecule has 0 radical (unpaired) electrons. The maximum atomic E-state index is 10.8. The highest BCUT2D eigenvalue weighted by Crippen LogP contribution is 2.20. The van der Waals surface area contributed by atoms with Crippen molar-refractivity contribution in [2.24, 2.45) is 10.7 Å². The Morgan fingerprint density at radius 1 is 1.10 bits per heavy atom. The van der Waals surface area contributed by atoms with Crippen molar-refractivity contribution in [1.29, 1.82) is 0 Å². The van der Waals surface area contributed by atoms with Gasteiger partial charge in [0.25, 0.3) is 5.91 Å². The van der Waals surface area contributed by atoms with Gasteiger partial charge in [0.1, 0.15) is 11.5 Å². The van der Waals surface area contributed by atoms with Gasteiger partial charge in [-0.05, 0) is 43.2 Å². The van der Waals surface area contributed by atoms with E-state index in [0.29, 0.717) is 31.4 Å². The molecule has 0 unspecified atom stereocenters. The molecular formula is C21H29IN4O3. The van der Waals surface area contributed by atoms with E-state index in [1.54, 1.807) is 13.1 Å². The highest BCUT2D eigenvalue weighted by molar-refractivity contribution is 14.0.